The Morgan fingerprint density at radius 2 is 1.03 bits per heavy atom. The highest BCUT2D eigenvalue weighted by atomic mass is 16.5. The fourth-order valence-electron chi connectivity index (χ4n) is 4.46. The highest BCUT2D eigenvalue weighted by Gasteiger charge is 2.08. The first-order chi connectivity index (χ1) is 42.1. The van der Waals surface area contributed by atoms with Gasteiger partial charge in [0.05, 0.1) is 93.2 Å². The fraction of sp³-hybridized carbons (Fsp3) is 0.268. The minimum Gasteiger partial charge on any atom is -0.477 e. The lowest BCUT2D eigenvalue weighted by atomic mass is 10.4. The van der Waals surface area contributed by atoms with E-state index in [-0.39, 0.29) is 109 Å². The number of nitrogens with two attached hydrogens (primary N) is 6. The van der Waals surface area contributed by atoms with E-state index in [1.165, 1.54) is 116 Å². The number of carbonyl (C=O) groups excluding carboxylic acids is 7. The molecule has 11 aromatic heterocycles. The number of aromatic nitrogens is 23. The molecular weight excluding hydrogens is 1280 g/mol. The number of hydrogen-bond acceptors (Lipinski definition) is 25. The molecular formula is C56H102N32O10. The maximum atomic E-state index is 11.1. The van der Waals surface area contributed by atoms with Crippen molar-refractivity contribution < 1.29 is 48.7 Å². The molecule has 0 aromatic carbocycles. The molecule has 0 spiro atoms. The van der Waals surface area contributed by atoms with Crippen molar-refractivity contribution in [3.8, 4) is 0 Å². The molecule has 0 fully saturated rings. The van der Waals surface area contributed by atoms with Gasteiger partial charge < -0.3 is 84.6 Å². The molecule has 11 rings (SSSR count). The molecule has 0 aliphatic carbocycles. The third-order valence-electron chi connectivity index (χ3n) is 8.60. The van der Waals surface area contributed by atoms with E-state index in [2.05, 4.69) is 116 Å². The van der Waals surface area contributed by atoms with Crippen LogP contribution < -0.4 is 45.2 Å². The summed E-state index contributed by atoms with van der Waals surface area (Å²) in [5.74, 6) is -2.17. The van der Waals surface area contributed by atoms with Gasteiger partial charge in [-0.3, -0.25) is 49.0 Å². The van der Waals surface area contributed by atoms with Gasteiger partial charge in [0.25, 0.3) is 35.4 Å². The van der Waals surface area contributed by atoms with Crippen molar-refractivity contribution >= 4 is 59.0 Å². The zero-order valence-electron chi connectivity index (χ0n) is 46.8. The summed E-state index contributed by atoms with van der Waals surface area (Å²) in [6.45, 7) is 2.01. The first-order valence-electron chi connectivity index (χ1n) is 23.8. The lowest BCUT2D eigenvalue weighted by molar-refractivity contribution is 0.0687. The molecule has 42 heteroatoms. The minimum absolute atomic E-state index is 0. The second-order valence-corrected chi connectivity index (χ2v) is 15.2. The summed E-state index contributed by atoms with van der Waals surface area (Å²) >= 11 is 0. The van der Waals surface area contributed by atoms with E-state index in [0.717, 1.165) is 5.69 Å². The third-order valence-corrected chi connectivity index (χ3v) is 8.60. The number of rotatable bonds is 8. The third kappa shape index (κ3) is 48.4. The minimum atomic E-state index is -0.984. The van der Waals surface area contributed by atoms with E-state index in [1.807, 2.05) is 0 Å². The number of carboxylic acids is 1. The molecule has 98 heavy (non-hydrogen) atoms. The van der Waals surface area contributed by atoms with Gasteiger partial charge in [-0.05, 0) is 12.1 Å². The Bertz CT molecular complexity index is 3190. The van der Waals surface area contributed by atoms with Gasteiger partial charge >= 0.3 is 5.97 Å². The number of anilines is 2. The Labute approximate surface area is 568 Å². The summed E-state index contributed by atoms with van der Waals surface area (Å²) in [6, 6.07) is 3.35. The smallest absolute Gasteiger partial charge is 0.353 e. The average molecular weight is 1380 g/mol. The Kier molecular flexibility index (Phi) is 69.1. The van der Waals surface area contributed by atoms with Gasteiger partial charge in [0.15, 0.2) is 0 Å². The standard InChI is InChI=1S/C6H9N3O.C5H7N3O.C5H6N2O.C4H5N3O2.2C4H5N3O.C4H7N3.C4H5N3.C4H4N2O2.C3H4N4O.C3H5N3.10CH4/c1-9(2)6(10)5-3-7-4-8-5;1-6-5(9)4-2-7-3-8-4;1-5(8)7-4-2-3-6-7;8-4(7-9)3-1-5-2-6-3;5-4(8)3-1-6-2-7-3;5-4(8)3-1-6-7-2-3;5-1-4-2-6-3-7-4;5-4-1-2-6-3-7-4;7-4(8)3-1-5-2-6-3;4-2(8)3-5-1-6-7-3;4-3-1-5-2-6-3;;;;;;;;;;/h3-4H,1-2H3,(H,7,8);2-3H,1H3,(H,6,9)(H,7,8);2-4H,1H3;1-2,9H,(H,5,6)(H,7,8);2*1-2H,(H2,5,8)(H,6,7);2-3H,1,5H2,(H,6,7);1-3H,(H2,5,6,7);1-2H,(H,5,6)(H,7,8);1H,(H2,4,8)(H,5,6,7);1-2H,4H2,(H,5,6);10*1H4. The molecule has 0 atom stereocenters. The molecule has 6 amide bonds. The quantitative estimate of drug-likeness (QED) is 0.0746. The van der Waals surface area contributed by atoms with Crippen LogP contribution in [0.1, 0.15) is 165 Å². The van der Waals surface area contributed by atoms with Crippen LogP contribution in [0.25, 0.3) is 0 Å². The van der Waals surface area contributed by atoms with Crippen LogP contribution in [0.5, 0.6) is 0 Å². The molecule has 0 saturated heterocycles. The van der Waals surface area contributed by atoms with Crippen LogP contribution in [-0.2, 0) is 6.54 Å². The summed E-state index contributed by atoms with van der Waals surface area (Å²) in [7, 11) is 4.97. The number of amides is 6. The maximum Gasteiger partial charge on any atom is 0.353 e. The van der Waals surface area contributed by atoms with Crippen LogP contribution in [0.4, 0.5) is 11.6 Å². The van der Waals surface area contributed by atoms with Crippen molar-refractivity contribution in [2.24, 2.45) is 22.9 Å². The lowest BCUT2D eigenvalue weighted by Gasteiger charge is -2.06. The van der Waals surface area contributed by atoms with Gasteiger partial charge in [-0.15, -0.1) is 0 Å². The average Bonchev–Trinajstić information content (AvgIpc) is 2.49. The first kappa shape index (κ1) is 106. The highest BCUT2D eigenvalue weighted by molar-refractivity contribution is 5.93. The van der Waals surface area contributed by atoms with Crippen molar-refractivity contribution in [2.75, 3.05) is 32.6 Å². The number of nitrogens with one attached hydrogen (secondary N) is 11. The number of carboxylic acid groups (broad SMARTS) is 1. The molecule has 546 valence electrons. The van der Waals surface area contributed by atoms with Crippen molar-refractivity contribution in [3.63, 3.8) is 0 Å². The number of primary amides is 3. The summed E-state index contributed by atoms with van der Waals surface area (Å²) in [5.41, 5.74) is 34.6. The molecule has 11 aromatic rings. The molecule has 0 saturated carbocycles. The topological polar surface area (TPSA) is 675 Å². The van der Waals surface area contributed by atoms with Gasteiger partial charge in [-0.25, -0.2) is 64.8 Å². The maximum absolute atomic E-state index is 11.1. The van der Waals surface area contributed by atoms with Crippen molar-refractivity contribution in [1.29, 1.82) is 0 Å². The largest absolute Gasteiger partial charge is 0.477 e. The number of nitrogen functional groups attached to an aromatic ring is 2. The number of H-pyrrole nitrogens is 9. The Morgan fingerprint density at radius 3 is 1.26 bits per heavy atom. The number of hydrogen-bond donors (Lipinski definition) is 19. The molecule has 25 N–H and O–H groups in total. The predicted molar refractivity (Wildman–Crippen MR) is 373 cm³/mol. The summed E-state index contributed by atoms with van der Waals surface area (Å²) in [5, 5.41) is 34.1. The highest BCUT2D eigenvalue weighted by Crippen LogP contribution is 1.95. The number of carbonyl (C=O) groups is 8. The number of aromatic amines is 9. The SMILES string of the molecule is C.C.C.C.C.C.C.C.C.C.CC(=O)n1cccn1.CN(C)C(=O)c1cnc[nH]1.CNC(=O)c1cnc[nH]1.NC(=O)c1cn[nH]c1.NC(=O)c1cnc[nH]1.NC(=O)c1ncn[nH]1.NCc1cnc[nH]1.Nc1ccncn1.Nc1cnc[nH]1.O=C(NO)c1cnc[nH]1.O=C(O)c1cnc[nH]1. The molecule has 0 aliphatic heterocycles. The van der Waals surface area contributed by atoms with Crippen LogP contribution in [0, 0.1) is 0 Å². The van der Waals surface area contributed by atoms with Gasteiger partial charge in [-0.2, -0.15) is 15.3 Å². The number of hydroxylamine groups is 1. The predicted octanol–water partition coefficient (Wildman–Crippen LogP) is 4.26. The van der Waals surface area contributed by atoms with Crippen LogP contribution in [0.2, 0.25) is 0 Å². The molecule has 0 radical (unpaired) electrons. The molecule has 11 heterocycles. The zero-order valence-corrected chi connectivity index (χ0v) is 46.8. The van der Waals surface area contributed by atoms with Crippen molar-refractivity contribution in [2.45, 2.75) is 87.7 Å². The van der Waals surface area contributed by atoms with E-state index in [9.17, 15) is 38.4 Å². The molecule has 0 bridgehead atoms. The Hall–Kier alpha value is -13.4. The Morgan fingerprint density at radius 1 is 0.551 bits per heavy atom. The first-order valence-corrected chi connectivity index (χ1v) is 23.8. The van der Waals surface area contributed by atoms with E-state index in [1.54, 1.807) is 70.6 Å². The monoisotopic (exact) mass is 1380 g/mol. The second kappa shape index (κ2) is 63.7. The van der Waals surface area contributed by atoms with E-state index >= 15 is 0 Å². The van der Waals surface area contributed by atoms with E-state index < -0.39 is 29.6 Å². The van der Waals surface area contributed by atoms with Crippen LogP contribution >= 0.6 is 0 Å². The summed E-state index contributed by atoms with van der Waals surface area (Å²) in [4.78, 5) is 139. The lowest BCUT2D eigenvalue weighted by Crippen LogP contribution is -2.21. The zero-order chi connectivity index (χ0) is 65.5. The van der Waals surface area contributed by atoms with Crippen LogP contribution in [-0.4, -0.2) is 199 Å². The molecule has 0 unspecified atom stereocenters. The fourth-order valence-corrected chi connectivity index (χ4v) is 4.46. The van der Waals surface area contributed by atoms with E-state index in [0.29, 0.717) is 40.8 Å². The van der Waals surface area contributed by atoms with Crippen LogP contribution in [0.3, 0.4) is 0 Å². The van der Waals surface area contributed by atoms with Gasteiger partial charge in [0.2, 0.25) is 11.7 Å². The second-order valence-electron chi connectivity index (χ2n) is 15.2. The van der Waals surface area contributed by atoms with Crippen molar-refractivity contribution in [3.05, 3.63) is 189 Å². The van der Waals surface area contributed by atoms with Gasteiger partial charge in [0, 0.05) is 71.3 Å². The Balaban J connectivity index is -0.000000108. The van der Waals surface area contributed by atoms with Gasteiger partial charge in [0.1, 0.15) is 52.8 Å². The summed E-state index contributed by atoms with van der Waals surface area (Å²) < 4.78 is 1.28. The molecule has 42 nitrogen and oxygen atoms in total. The number of aromatic carboxylic acids is 1. The van der Waals surface area contributed by atoms with E-state index in [4.69, 9.17) is 44.7 Å². The summed E-state index contributed by atoms with van der Waals surface area (Å²) in [6.07, 6.45) is 30.6. The normalized spacial score (nSPS) is 8.10. The molecule has 0 aliphatic rings. The van der Waals surface area contributed by atoms with Gasteiger partial charge in [-0.1, -0.05) is 74.3 Å². The number of nitrogens with zero attached hydrogens (tertiary/aromatic N) is 15. The number of imidazole rings is 7. The van der Waals surface area contributed by atoms with Crippen molar-refractivity contribution in [1.82, 2.24) is 131 Å². The van der Waals surface area contributed by atoms with Crippen LogP contribution in [0.15, 0.2) is 143 Å².